The number of hydrogen-bond acceptors (Lipinski definition) is 2. The second kappa shape index (κ2) is 4.00. The standard InChI is InChI=1S/C13H17N3/c1-9-6-10(2)12(11(3)7-9)8-16-5-4-15-13(16)14/h4-7H,8H2,1-3H3,(H2,14,15). The summed E-state index contributed by atoms with van der Waals surface area (Å²) in [4.78, 5) is 4.03. The van der Waals surface area contributed by atoms with E-state index in [2.05, 4.69) is 37.9 Å². The average molecular weight is 215 g/mol. The fraction of sp³-hybridized carbons (Fsp3) is 0.308. The highest BCUT2D eigenvalue weighted by molar-refractivity contribution is 5.38. The Hall–Kier alpha value is -1.77. The molecule has 1 aromatic carbocycles. The van der Waals surface area contributed by atoms with Crippen molar-refractivity contribution < 1.29 is 0 Å². The third-order valence-corrected chi connectivity index (χ3v) is 2.92. The molecule has 0 bridgehead atoms. The van der Waals surface area contributed by atoms with Gasteiger partial charge in [0.2, 0.25) is 0 Å². The second-order valence-corrected chi connectivity index (χ2v) is 4.29. The van der Waals surface area contributed by atoms with Crippen LogP contribution in [0.4, 0.5) is 5.95 Å². The van der Waals surface area contributed by atoms with E-state index in [4.69, 9.17) is 5.73 Å². The molecule has 2 aromatic rings. The SMILES string of the molecule is Cc1cc(C)c(Cn2ccnc2N)c(C)c1. The van der Waals surface area contributed by atoms with Gasteiger partial charge in [0.1, 0.15) is 0 Å². The van der Waals surface area contributed by atoms with E-state index < -0.39 is 0 Å². The Kier molecular flexibility index (Phi) is 2.69. The molecule has 0 saturated heterocycles. The van der Waals surface area contributed by atoms with Gasteiger partial charge in [-0.2, -0.15) is 0 Å². The maximum atomic E-state index is 5.77. The molecule has 3 nitrogen and oxygen atoms in total. The molecule has 1 aromatic heterocycles. The first-order chi connectivity index (χ1) is 7.58. The van der Waals surface area contributed by atoms with E-state index in [0.29, 0.717) is 5.95 Å². The Morgan fingerprint density at radius 2 is 1.81 bits per heavy atom. The van der Waals surface area contributed by atoms with Crippen LogP contribution in [0, 0.1) is 20.8 Å². The smallest absolute Gasteiger partial charge is 0.200 e. The van der Waals surface area contributed by atoms with Gasteiger partial charge < -0.3 is 10.3 Å². The quantitative estimate of drug-likeness (QED) is 0.836. The third-order valence-electron chi connectivity index (χ3n) is 2.92. The number of hydrogen-bond donors (Lipinski definition) is 1. The van der Waals surface area contributed by atoms with Gasteiger partial charge in [-0.05, 0) is 37.5 Å². The maximum absolute atomic E-state index is 5.77. The summed E-state index contributed by atoms with van der Waals surface area (Å²) in [6, 6.07) is 4.41. The van der Waals surface area contributed by atoms with Crippen LogP contribution in [0.2, 0.25) is 0 Å². The minimum absolute atomic E-state index is 0.569. The number of imidazole rings is 1. The first-order valence-corrected chi connectivity index (χ1v) is 5.41. The molecule has 3 heteroatoms. The molecule has 0 aliphatic carbocycles. The van der Waals surface area contributed by atoms with Crippen molar-refractivity contribution in [3.8, 4) is 0 Å². The summed E-state index contributed by atoms with van der Waals surface area (Å²) < 4.78 is 1.96. The molecule has 0 fully saturated rings. The van der Waals surface area contributed by atoms with Crippen LogP contribution < -0.4 is 5.73 Å². The number of anilines is 1. The van der Waals surface area contributed by atoms with Gasteiger partial charge in [0.15, 0.2) is 5.95 Å². The van der Waals surface area contributed by atoms with Crippen LogP contribution in [0.25, 0.3) is 0 Å². The predicted octanol–water partition coefficient (Wildman–Crippen LogP) is 2.44. The topological polar surface area (TPSA) is 43.8 Å². The van der Waals surface area contributed by atoms with E-state index in [1.54, 1.807) is 6.20 Å². The predicted molar refractivity (Wildman–Crippen MR) is 66.4 cm³/mol. The van der Waals surface area contributed by atoms with E-state index in [9.17, 15) is 0 Å². The number of aryl methyl sites for hydroxylation is 3. The van der Waals surface area contributed by atoms with Crippen LogP contribution in [0.5, 0.6) is 0 Å². The highest BCUT2D eigenvalue weighted by atomic mass is 15.1. The van der Waals surface area contributed by atoms with Crippen LogP contribution in [0.15, 0.2) is 24.5 Å². The van der Waals surface area contributed by atoms with Gasteiger partial charge in [0, 0.05) is 12.4 Å². The van der Waals surface area contributed by atoms with Gasteiger partial charge in [-0.25, -0.2) is 4.98 Å². The number of aromatic nitrogens is 2. The van der Waals surface area contributed by atoms with Gasteiger partial charge in [0.05, 0.1) is 6.54 Å². The van der Waals surface area contributed by atoms with Crippen molar-refractivity contribution >= 4 is 5.95 Å². The zero-order chi connectivity index (χ0) is 11.7. The monoisotopic (exact) mass is 215 g/mol. The molecule has 0 spiro atoms. The van der Waals surface area contributed by atoms with Crippen molar-refractivity contribution in [1.82, 2.24) is 9.55 Å². The normalized spacial score (nSPS) is 10.7. The summed E-state index contributed by atoms with van der Waals surface area (Å²) in [7, 11) is 0. The Balaban J connectivity index is 2.39. The lowest BCUT2D eigenvalue weighted by atomic mass is 10.00. The maximum Gasteiger partial charge on any atom is 0.200 e. The van der Waals surface area contributed by atoms with Crippen molar-refractivity contribution in [2.24, 2.45) is 0 Å². The van der Waals surface area contributed by atoms with Crippen LogP contribution in [-0.4, -0.2) is 9.55 Å². The van der Waals surface area contributed by atoms with Crippen molar-refractivity contribution in [2.75, 3.05) is 5.73 Å². The molecule has 0 aliphatic rings. The number of nitrogens with zero attached hydrogens (tertiary/aromatic N) is 2. The van der Waals surface area contributed by atoms with Gasteiger partial charge in [0.25, 0.3) is 0 Å². The number of benzene rings is 1. The molecule has 0 saturated carbocycles. The Morgan fingerprint density at radius 3 is 2.31 bits per heavy atom. The highest BCUT2D eigenvalue weighted by Gasteiger charge is 2.06. The molecule has 0 amide bonds. The van der Waals surface area contributed by atoms with Crippen LogP contribution >= 0.6 is 0 Å². The summed E-state index contributed by atoms with van der Waals surface area (Å²) in [5.41, 5.74) is 11.0. The van der Waals surface area contributed by atoms with E-state index in [0.717, 1.165) is 6.54 Å². The van der Waals surface area contributed by atoms with E-state index in [1.165, 1.54) is 22.3 Å². The number of nitrogens with two attached hydrogens (primary N) is 1. The van der Waals surface area contributed by atoms with Crippen LogP contribution in [0.3, 0.4) is 0 Å². The van der Waals surface area contributed by atoms with E-state index in [1.807, 2.05) is 10.8 Å². The molecule has 0 radical (unpaired) electrons. The molecule has 0 atom stereocenters. The van der Waals surface area contributed by atoms with E-state index in [-0.39, 0.29) is 0 Å². The zero-order valence-electron chi connectivity index (χ0n) is 9.99. The Bertz CT molecular complexity index is 489. The van der Waals surface area contributed by atoms with Gasteiger partial charge in [-0.1, -0.05) is 17.7 Å². The largest absolute Gasteiger partial charge is 0.369 e. The lowest BCUT2D eigenvalue weighted by Crippen LogP contribution is -2.06. The van der Waals surface area contributed by atoms with Crippen molar-refractivity contribution in [2.45, 2.75) is 27.3 Å². The molecule has 2 rings (SSSR count). The van der Waals surface area contributed by atoms with Crippen molar-refractivity contribution in [1.29, 1.82) is 0 Å². The summed E-state index contributed by atoms with van der Waals surface area (Å²) in [6.07, 6.45) is 3.64. The van der Waals surface area contributed by atoms with E-state index >= 15 is 0 Å². The molecule has 2 N–H and O–H groups in total. The number of nitrogen functional groups attached to an aromatic ring is 1. The molecule has 0 unspecified atom stereocenters. The minimum Gasteiger partial charge on any atom is -0.369 e. The summed E-state index contributed by atoms with van der Waals surface area (Å²) in [6.45, 7) is 7.20. The highest BCUT2D eigenvalue weighted by Crippen LogP contribution is 2.18. The molecular formula is C13H17N3. The molecule has 84 valence electrons. The zero-order valence-corrected chi connectivity index (χ0v) is 9.99. The second-order valence-electron chi connectivity index (χ2n) is 4.29. The van der Waals surface area contributed by atoms with Gasteiger partial charge in [-0.15, -0.1) is 0 Å². The number of rotatable bonds is 2. The summed E-state index contributed by atoms with van der Waals surface area (Å²) >= 11 is 0. The molecule has 1 heterocycles. The lowest BCUT2D eigenvalue weighted by molar-refractivity contribution is 0.799. The fourth-order valence-corrected chi connectivity index (χ4v) is 2.10. The fourth-order valence-electron chi connectivity index (χ4n) is 2.10. The third kappa shape index (κ3) is 1.94. The average Bonchev–Trinajstić information content (AvgIpc) is 2.57. The summed E-state index contributed by atoms with van der Waals surface area (Å²) in [5, 5.41) is 0. The molecule has 16 heavy (non-hydrogen) atoms. The molecule has 0 aliphatic heterocycles. The van der Waals surface area contributed by atoms with Crippen LogP contribution in [0.1, 0.15) is 22.3 Å². The first kappa shape index (κ1) is 10.7. The summed E-state index contributed by atoms with van der Waals surface area (Å²) in [5.74, 6) is 0.569. The minimum atomic E-state index is 0.569. The van der Waals surface area contributed by atoms with Crippen LogP contribution in [-0.2, 0) is 6.54 Å². The molecular weight excluding hydrogens is 198 g/mol. The van der Waals surface area contributed by atoms with Gasteiger partial charge in [-0.3, -0.25) is 0 Å². The lowest BCUT2D eigenvalue weighted by Gasteiger charge is -2.12. The first-order valence-electron chi connectivity index (χ1n) is 5.41. The van der Waals surface area contributed by atoms with Crippen molar-refractivity contribution in [3.63, 3.8) is 0 Å². The Morgan fingerprint density at radius 1 is 1.19 bits per heavy atom. The Labute approximate surface area is 95.9 Å². The van der Waals surface area contributed by atoms with Gasteiger partial charge >= 0.3 is 0 Å². The van der Waals surface area contributed by atoms with Crippen molar-refractivity contribution in [3.05, 3.63) is 46.8 Å².